The van der Waals surface area contributed by atoms with Crippen molar-refractivity contribution in [3.63, 3.8) is 0 Å². The van der Waals surface area contributed by atoms with Gasteiger partial charge in [0, 0.05) is 0 Å². The van der Waals surface area contributed by atoms with Crippen molar-refractivity contribution in [3.8, 4) is 0 Å². The first kappa shape index (κ1) is 17.2. The van der Waals surface area contributed by atoms with Crippen LogP contribution in [0.5, 0.6) is 0 Å². The van der Waals surface area contributed by atoms with Crippen LogP contribution in [0.15, 0.2) is 23.8 Å². The number of nitrogens with one attached hydrogen (secondary N) is 1. The molecule has 2 heterocycles. The molecule has 1 N–H and O–H groups in total. The van der Waals surface area contributed by atoms with Crippen LogP contribution in [-0.2, 0) is 9.59 Å². The molecule has 2 fully saturated rings. The Labute approximate surface area is 138 Å². The van der Waals surface area contributed by atoms with E-state index in [0.717, 1.165) is 50.8 Å². The van der Waals surface area contributed by atoms with Crippen LogP contribution < -0.4 is 5.32 Å². The third kappa shape index (κ3) is 2.63. The number of unbranched alkanes of at least 4 members (excludes halogenated alkanes) is 1. The number of rotatable bonds is 4. The Bertz CT molecular complexity index is 509. The molecule has 3 aliphatic rings. The summed E-state index contributed by atoms with van der Waals surface area (Å²) in [5, 5.41) is 2.59. The first-order chi connectivity index (χ1) is 10.2. The van der Waals surface area contributed by atoms with Gasteiger partial charge in [0.05, 0.1) is 5.92 Å². The number of carbonyl (C=O) groups is 2. The van der Waals surface area contributed by atoms with Gasteiger partial charge in [-0.05, 0) is 38.8 Å². The number of hydrogen-bond acceptors (Lipinski definition) is 3. The van der Waals surface area contributed by atoms with E-state index in [1.165, 1.54) is 6.42 Å². The second-order valence-electron chi connectivity index (χ2n) is 6.33. The number of nitrogens with zero attached hydrogens (tertiary/aromatic N) is 1. The van der Waals surface area contributed by atoms with Crippen molar-refractivity contribution in [1.29, 1.82) is 0 Å². The van der Waals surface area contributed by atoms with Gasteiger partial charge in [0.15, 0.2) is 0 Å². The van der Waals surface area contributed by atoms with E-state index < -0.39 is 5.54 Å². The van der Waals surface area contributed by atoms with Gasteiger partial charge in [-0.1, -0.05) is 43.6 Å². The van der Waals surface area contributed by atoms with Gasteiger partial charge in [0.1, 0.15) is 5.54 Å². The minimum absolute atomic E-state index is 0. The van der Waals surface area contributed by atoms with Gasteiger partial charge in [0.2, 0.25) is 5.91 Å². The normalized spacial score (nSPS) is 31.3. The Morgan fingerprint density at radius 1 is 1.27 bits per heavy atom. The Morgan fingerprint density at radius 3 is 2.68 bits per heavy atom. The van der Waals surface area contributed by atoms with Crippen LogP contribution >= 0.6 is 12.4 Å². The molecule has 5 heteroatoms. The molecule has 0 aromatic rings. The van der Waals surface area contributed by atoms with E-state index in [2.05, 4.69) is 17.1 Å². The van der Waals surface area contributed by atoms with Crippen molar-refractivity contribution in [2.45, 2.75) is 51.0 Å². The number of fused-ring (bicyclic) bond motifs is 1. The Balaban J connectivity index is 0.00000176. The molecular weight excluding hydrogens is 300 g/mol. The molecular formula is C17H25ClN2O2. The minimum atomic E-state index is -0.755. The van der Waals surface area contributed by atoms with Crippen LogP contribution in [0.1, 0.15) is 45.4 Å². The molecule has 1 aliphatic carbocycles. The van der Waals surface area contributed by atoms with Gasteiger partial charge < -0.3 is 0 Å². The number of amides is 2. The second-order valence-corrected chi connectivity index (χ2v) is 6.33. The minimum Gasteiger partial charge on any atom is -0.294 e. The second kappa shape index (κ2) is 6.97. The molecule has 0 spiro atoms. The third-order valence-electron chi connectivity index (χ3n) is 5.03. The van der Waals surface area contributed by atoms with E-state index in [-0.39, 0.29) is 30.1 Å². The predicted octanol–water partition coefficient (Wildman–Crippen LogP) is 2.59. The third-order valence-corrected chi connectivity index (χ3v) is 5.03. The summed E-state index contributed by atoms with van der Waals surface area (Å²) in [4.78, 5) is 27.2. The molecule has 0 aromatic carbocycles. The summed E-state index contributed by atoms with van der Waals surface area (Å²) in [6.45, 7) is 3.96. The van der Waals surface area contributed by atoms with Gasteiger partial charge in [-0.2, -0.15) is 0 Å². The molecule has 3 rings (SSSR count). The fraction of sp³-hybridized carbons (Fsp3) is 0.647. The van der Waals surface area contributed by atoms with E-state index >= 15 is 0 Å². The molecule has 22 heavy (non-hydrogen) atoms. The number of carbonyl (C=O) groups excluding carboxylic acids is 2. The Kier molecular flexibility index (Phi) is 5.45. The monoisotopic (exact) mass is 324 g/mol. The summed E-state index contributed by atoms with van der Waals surface area (Å²) in [7, 11) is 0. The highest BCUT2D eigenvalue weighted by Crippen LogP contribution is 2.42. The van der Waals surface area contributed by atoms with Crippen LogP contribution in [0.25, 0.3) is 0 Å². The topological polar surface area (TPSA) is 49.4 Å². The van der Waals surface area contributed by atoms with Gasteiger partial charge in [-0.25, -0.2) is 0 Å². The number of piperidine rings is 1. The summed E-state index contributed by atoms with van der Waals surface area (Å²) < 4.78 is 0. The lowest BCUT2D eigenvalue weighted by Crippen LogP contribution is -2.58. The fourth-order valence-electron chi connectivity index (χ4n) is 3.96. The van der Waals surface area contributed by atoms with Crippen molar-refractivity contribution in [2.24, 2.45) is 5.92 Å². The zero-order chi connectivity index (χ0) is 14.9. The lowest BCUT2D eigenvalue weighted by molar-refractivity contribution is -0.129. The molecule has 122 valence electrons. The van der Waals surface area contributed by atoms with Crippen LogP contribution in [0, 0.1) is 5.92 Å². The molecule has 2 aliphatic heterocycles. The fourth-order valence-corrected chi connectivity index (χ4v) is 3.96. The smallest absolute Gasteiger partial charge is 0.252 e. The Hall–Kier alpha value is -1.13. The maximum absolute atomic E-state index is 12.6. The summed E-state index contributed by atoms with van der Waals surface area (Å²) in [5.41, 5.74) is 0.364. The average molecular weight is 325 g/mol. The number of imide groups is 1. The maximum atomic E-state index is 12.6. The highest BCUT2D eigenvalue weighted by Gasteiger charge is 2.58. The molecule has 4 nitrogen and oxygen atoms in total. The largest absolute Gasteiger partial charge is 0.294 e. The molecule has 0 aromatic heterocycles. The number of hydrogen-bond donors (Lipinski definition) is 1. The molecule has 0 radical (unpaired) electrons. The molecule has 2 saturated heterocycles. The van der Waals surface area contributed by atoms with Crippen LogP contribution in [0.4, 0.5) is 0 Å². The predicted molar refractivity (Wildman–Crippen MR) is 88.8 cm³/mol. The first-order valence-corrected chi connectivity index (χ1v) is 8.19. The molecule has 2 atom stereocenters. The summed E-state index contributed by atoms with van der Waals surface area (Å²) >= 11 is 0. The standard InChI is InChI=1S/C17H24N2O2.ClH/c1-2-3-8-13-9-7-10-17(19-11-5-4-6-12-19)14(13)15(20)18-16(17)21;/h7,9-10,14H,2-6,8,11-12H2,1H3,(H,18,20,21);1H. The molecule has 0 saturated carbocycles. The molecule has 2 amide bonds. The van der Waals surface area contributed by atoms with E-state index in [1.54, 1.807) is 0 Å². The summed E-state index contributed by atoms with van der Waals surface area (Å²) in [5.74, 6) is -0.560. The van der Waals surface area contributed by atoms with Crippen molar-refractivity contribution < 1.29 is 9.59 Å². The van der Waals surface area contributed by atoms with Crippen LogP contribution in [0.3, 0.4) is 0 Å². The zero-order valence-electron chi connectivity index (χ0n) is 13.1. The van der Waals surface area contributed by atoms with Crippen molar-refractivity contribution >= 4 is 24.2 Å². The van der Waals surface area contributed by atoms with Gasteiger partial charge in [-0.15, -0.1) is 12.4 Å². The lowest BCUT2D eigenvalue weighted by atomic mass is 9.74. The van der Waals surface area contributed by atoms with Crippen LogP contribution in [-0.4, -0.2) is 35.3 Å². The van der Waals surface area contributed by atoms with E-state index in [1.807, 2.05) is 18.2 Å². The SMILES string of the molecule is CCCCC1=CC=CC2(N3CCCCC3)C(=O)NC(=O)C12.Cl. The van der Waals surface area contributed by atoms with E-state index in [9.17, 15) is 9.59 Å². The Morgan fingerprint density at radius 2 is 2.00 bits per heavy atom. The van der Waals surface area contributed by atoms with Crippen molar-refractivity contribution in [3.05, 3.63) is 23.8 Å². The van der Waals surface area contributed by atoms with E-state index in [4.69, 9.17) is 0 Å². The maximum Gasteiger partial charge on any atom is 0.252 e. The lowest BCUT2D eigenvalue weighted by Gasteiger charge is -2.44. The summed E-state index contributed by atoms with van der Waals surface area (Å²) in [6, 6.07) is 0. The van der Waals surface area contributed by atoms with Gasteiger partial charge in [-0.3, -0.25) is 19.8 Å². The highest BCUT2D eigenvalue weighted by molar-refractivity contribution is 6.12. The van der Waals surface area contributed by atoms with Crippen molar-refractivity contribution in [2.75, 3.05) is 13.1 Å². The van der Waals surface area contributed by atoms with Crippen LogP contribution in [0.2, 0.25) is 0 Å². The quantitative estimate of drug-likeness (QED) is 0.809. The average Bonchev–Trinajstić information content (AvgIpc) is 2.79. The number of likely N-dealkylation sites (tertiary alicyclic amines) is 1. The zero-order valence-corrected chi connectivity index (χ0v) is 14.0. The molecule has 0 bridgehead atoms. The van der Waals surface area contributed by atoms with Gasteiger partial charge >= 0.3 is 0 Å². The molecule has 2 unspecified atom stereocenters. The van der Waals surface area contributed by atoms with E-state index in [0.29, 0.717) is 0 Å². The number of allylic oxidation sites excluding steroid dienone is 2. The first-order valence-electron chi connectivity index (χ1n) is 8.19. The highest BCUT2D eigenvalue weighted by atomic mass is 35.5. The van der Waals surface area contributed by atoms with Crippen molar-refractivity contribution in [1.82, 2.24) is 10.2 Å². The summed E-state index contributed by atoms with van der Waals surface area (Å²) in [6.07, 6.45) is 12.5. The number of halogens is 1. The van der Waals surface area contributed by atoms with Gasteiger partial charge in [0.25, 0.3) is 5.91 Å².